The minimum Gasteiger partial charge on any atom is -0.549 e. The van der Waals surface area contributed by atoms with Crippen LogP contribution in [0.3, 0.4) is 0 Å². The van der Waals surface area contributed by atoms with Crippen LogP contribution in [0.4, 0.5) is 0 Å². The number of hydrogen-bond donors (Lipinski definition) is 2. The normalized spacial score (nSPS) is 11.1. The molecule has 0 radical (unpaired) electrons. The van der Waals surface area contributed by atoms with Crippen LogP contribution in [0.25, 0.3) is 0 Å². The van der Waals surface area contributed by atoms with E-state index in [0.717, 1.165) is 0 Å². The number of hydrogen-bond acceptors (Lipinski definition) is 8. The molecule has 0 bridgehead atoms. The average molecular weight is 426 g/mol. The molecule has 2 unspecified atom stereocenters. The summed E-state index contributed by atoms with van der Waals surface area (Å²) >= 11 is 0. The molecule has 27 heavy (non-hydrogen) atoms. The van der Waals surface area contributed by atoms with E-state index in [9.17, 15) is 29.4 Å². The van der Waals surface area contributed by atoms with Gasteiger partial charge in [0.1, 0.15) is 11.6 Å². The predicted molar refractivity (Wildman–Crippen MR) is 93.6 cm³/mol. The molecule has 0 saturated heterocycles. The predicted octanol–water partition coefficient (Wildman–Crippen LogP) is -0.810. The van der Waals surface area contributed by atoms with Crippen LogP contribution in [-0.2, 0) is 40.9 Å². The van der Waals surface area contributed by atoms with Crippen molar-refractivity contribution in [3.05, 3.63) is 0 Å². The molecule has 0 aromatic rings. The summed E-state index contributed by atoms with van der Waals surface area (Å²) in [7, 11) is 0. The molecule has 0 aromatic carbocycles. The summed E-state index contributed by atoms with van der Waals surface area (Å²) in [6.45, 7) is 13.6. The number of Topliss-reactive ketones (excluding diaryl/α,β-unsaturated/α-hetero) is 2. The van der Waals surface area contributed by atoms with Crippen molar-refractivity contribution in [2.24, 2.45) is 23.7 Å². The molecule has 0 amide bonds. The third-order valence-electron chi connectivity index (χ3n) is 2.66. The fourth-order valence-corrected chi connectivity index (χ4v) is 0.332. The van der Waals surface area contributed by atoms with E-state index in [1.165, 1.54) is 27.7 Å². The molecule has 0 aliphatic heterocycles. The first-order valence-electron chi connectivity index (χ1n) is 8.29. The van der Waals surface area contributed by atoms with Crippen LogP contribution in [0.1, 0.15) is 55.4 Å². The Morgan fingerprint density at radius 1 is 0.667 bits per heavy atom. The van der Waals surface area contributed by atoms with Gasteiger partial charge in [-0.3, -0.25) is 9.59 Å². The Labute approximate surface area is 177 Å². The number of carboxylic acids is 2. The number of carbonyl (C=O) groups excluding carboxylic acids is 4. The number of carbonyl (C=O) groups is 4. The van der Waals surface area contributed by atoms with Crippen LogP contribution in [0, 0.1) is 23.7 Å². The van der Waals surface area contributed by atoms with Crippen molar-refractivity contribution in [1.82, 2.24) is 0 Å². The van der Waals surface area contributed by atoms with Crippen LogP contribution in [0.2, 0.25) is 0 Å². The minimum atomic E-state index is -1.31. The minimum absolute atomic E-state index is 0. The summed E-state index contributed by atoms with van der Waals surface area (Å²) in [6, 6.07) is 0. The van der Waals surface area contributed by atoms with Gasteiger partial charge in [-0.25, -0.2) is 0 Å². The average Bonchev–Trinajstić information content (AvgIpc) is 2.54. The molecule has 8 nitrogen and oxygen atoms in total. The van der Waals surface area contributed by atoms with Gasteiger partial charge in [0.2, 0.25) is 0 Å². The number of aliphatic hydroxyl groups excluding tert-OH is 2. The maximum Gasteiger partial charge on any atom is 2.00 e. The van der Waals surface area contributed by atoms with Crippen LogP contribution in [0.5, 0.6) is 0 Å². The van der Waals surface area contributed by atoms with Gasteiger partial charge in [-0.05, 0) is 25.7 Å². The first-order chi connectivity index (χ1) is 11.6. The number of aliphatic hydroxyl groups is 2. The number of ketones is 2. The summed E-state index contributed by atoms with van der Waals surface area (Å²) in [6.07, 6.45) is 0. The topological polar surface area (TPSA) is 155 Å². The first kappa shape index (κ1) is 36.8. The van der Waals surface area contributed by atoms with Gasteiger partial charge in [-0.1, -0.05) is 41.5 Å². The molecular weight excluding hydrogens is 392 g/mol. The zero-order valence-corrected chi connectivity index (χ0v) is 19.1. The van der Waals surface area contributed by atoms with Gasteiger partial charge in [0.15, 0.2) is 0 Å². The number of aliphatic carboxylic acids is 2. The third-order valence-corrected chi connectivity index (χ3v) is 2.66. The van der Waals surface area contributed by atoms with E-state index in [1.807, 2.05) is 27.7 Å². The SMILES string of the molecule is CC(=O)C(C)C(=O)[O-].CC(=O)C(C)C(=O)[O-].CC(C)CO.CC(C)CO.[Ti+2]. The van der Waals surface area contributed by atoms with Gasteiger partial charge in [0.25, 0.3) is 0 Å². The molecule has 0 aliphatic carbocycles. The molecule has 9 heteroatoms. The van der Waals surface area contributed by atoms with E-state index in [1.54, 1.807) is 0 Å². The monoisotopic (exact) mass is 426 g/mol. The molecule has 0 fully saturated rings. The Morgan fingerprint density at radius 2 is 0.815 bits per heavy atom. The van der Waals surface area contributed by atoms with Crippen LogP contribution >= 0.6 is 0 Å². The molecule has 0 heterocycles. The Bertz CT molecular complexity index is 342. The molecule has 2 N–H and O–H groups in total. The zero-order chi connectivity index (χ0) is 22.0. The Morgan fingerprint density at radius 3 is 0.815 bits per heavy atom. The third kappa shape index (κ3) is 36.6. The first-order valence-corrected chi connectivity index (χ1v) is 8.29. The van der Waals surface area contributed by atoms with Gasteiger partial charge < -0.3 is 30.0 Å². The molecule has 158 valence electrons. The second-order valence-corrected chi connectivity index (χ2v) is 6.46. The molecule has 0 spiro atoms. The van der Waals surface area contributed by atoms with Gasteiger partial charge in [0, 0.05) is 13.2 Å². The summed E-state index contributed by atoms with van der Waals surface area (Å²) in [5, 5.41) is 35.9. The summed E-state index contributed by atoms with van der Waals surface area (Å²) < 4.78 is 0. The molecule has 2 atom stereocenters. The smallest absolute Gasteiger partial charge is 0.549 e. The maximum absolute atomic E-state index is 10.2. The fourth-order valence-electron chi connectivity index (χ4n) is 0.332. The Hall–Kier alpha value is -1.09. The molecule has 0 rings (SSSR count). The van der Waals surface area contributed by atoms with E-state index in [4.69, 9.17) is 10.2 Å². The largest absolute Gasteiger partial charge is 2.00 e. The van der Waals surface area contributed by atoms with Crippen molar-refractivity contribution >= 4 is 23.5 Å². The van der Waals surface area contributed by atoms with Gasteiger partial charge in [-0.2, -0.15) is 0 Å². The molecule has 0 aliphatic rings. The van der Waals surface area contributed by atoms with Crippen molar-refractivity contribution < 1.29 is 61.3 Å². The van der Waals surface area contributed by atoms with E-state index >= 15 is 0 Å². The molecular formula is C18H34O8Ti. The summed E-state index contributed by atoms with van der Waals surface area (Å²) in [4.78, 5) is 39.9. The van der Waals surface area contributed by atoms with Gasteiger partial charge in [-0.15, -0.1) is 0 Å². The molecule has 0 saturated carbocycles. The van der Waals surface area contributed by atoms with Crippen LogP contribution in [-0.4, -0.2) is 46.9 Å². The second kappa shape index (κ2) is 23.0. The van der Waals surface area contributed by atoms with Crippen molar-refractivity contribution in [2.45, 2.75) is 55.4 Å². The van der Waals surface area contributed by atoms with E-state index < -0.39 is 23.8 Å². The Kier molecular flexibility index (Phi) is 31.3. The van der Waals surface area contributed by atoms with Gasteiger partial charge in [0.05, 0.1) is 23.8 Å². The van der Waals surface area contributed by atoms with Crippen LogP contribution in [0.15, 0.2) is 0 Å². The summed E-state index contributed by atoms with van der Waals surface area (Å²) in [5.41, 5.74) is 0. The zero-order valence-electron chi connectivity index (χ0n) is 17.6. The Balaban J connectivity index is -0.0000000807. The van der Waals surface area contributed by atoms with Crippen LogP contribution < -0.4 is 10.2 Å². The molecule has 0 aromatic heterocycles. The van der Waals surface area contributed by atoms with E-state index in [0.29, 0.717) is 25.0 Å². The van der Waals surface area contributed by atoms with E-state index in [2.05, 4.69) is 0 Å². The fraction of sp³-hybridized carbons (Fsp3) is 0.778. The summed E-state index contributed by atoms with van der Waals surface area (Å²) in [5.74, 6) is -4.40. The van der Waals surface area contributed by atoms with Crippen molar-refractivity contribution in [1.29, 1.82) is 0 Å². The van der Waals surface area contributed by atoms with Gasteiger partial charge >= 0.3 is 21.7 Å². The number of rotatable bonds is 6. The quantitative estimate of drug-likeness (QED) is 0.413. The second-order valence-electron chi connectivity index (χ2n) is 6.46. The van der Waals surface area contributed by atoms with Crippen molar-refractivity contribution in [2.75, 3.05) is 13.2 Å². The standard InChI is InChI=1S/2C5H8O3.2C4H10O.Ti/c2*1-3(4(2)6)5(7)8;2*1-4(2)3-5;/h2*3H,1-2H3,(H,7,8);2*4-5H,3H2,1-2H3;/q;;;;+2/p-2. The van der Waals surface area contributed by atoms with E-state index in [-0.39, 0.29) is 33.3 Å². The van der Waals surface area contributed by atoms with Crippen molar-refractivity contribution in [3.63, 3.8) is 0 Å². The van der Waals surface area contributed by atoms with Crippen molar-refractivity contribution in [3.8, 4) is 0 Å². The maximum atomic E-state index is 10.2. The number of carboxylic acid groups (broad SMARTS) is 2.